The third-order valence-corrected chi connectivity index (χ3v) is 5.74. The second-order valence-electron chi connectivity index (χ2n) is 7.79. The first-order valence-corrected chi connectivity index (χ1v) is 11.3. The molecular weight excluding hydrogens is 418 g/mol. The monoisotopic (exact) mass is 447 g/mol. The van der Waals surface area contributed by atoms with Crippen LogP contribution < -0.4 is 10.6 Å². The first-order valence-electron chi connectivity index (χ1n) is 11.3. The number of likely N-dealkylation sites (N-methyl/N-ethyl adjacent to an activating group) is 1. The van der Waals surface area contributed by atoms with Crippen LogP contribution in [-0.4, -0.2) is 42.3 Å². The second-order valence-corrected chi connectivity index (χ2v) is 7.79. The summed E-state index contributed by atoms with van der Waals surface area (Å²) in [6.45, 7) is 8.09. The van der Waals surface area contributed by atoms with E-state index in [1.54, 1.807) is 26.2 Å². The third kappa shape index (κ3) is 4.29. The Hall–Kier alpha value is -3.42. The minimum atomic E-state index is -0.467. The highest BCUT2D eigenvalue weighted by Gasteiger charge is 2.30. The van der Waals surface area contributed by atoms with Gasteiger partial charge in [-0.3, -0.25) is 4.98 Å². The number of aryl methyl sites for hydroxylation is 1. The maximum absolute atomic E-state index is 13.0. The molecule has 33 heavy (non-hydrogen) atoms. The van der Waals surface area contributed by atoms with Crippen molar-refractivity contribution in [1.82, 2.24) is 15.6 Å². The molecule has 0 saturated heterocycles. The third-order valence-electron chi connectivity index (χ3n) is 5.74. The molecule has 1 unspecified atom stereocenters. The average Bonchev–Trinajstić information content (AvgIpc) is 3.18. The highest BCUT2D eigenvalue weighted by molar-refractivity contribution is 6.16. The van der Waals surface area contributed by atoms with Gasteiger partial charge in [-0.25, -0.2) is 4.79 Å². The van der Waals surface area contributed by atoms with Crippen LogP contribution in [0.25, 0.3) is 21.7 Å². The second kappa shape index (κ2) is 10.0. The number of benzene rings is 2. The fourth-order valence-electron chi connectivity index (χ4n) is 4.30. The average molecular weight is 448 g/mol. The molecule has 7 heteroatoms. The molecule has 0 aliphatic heterocycles. The molecular formula is C26H29N3O4. The number of carbonyl (C=O) groups excluding carboxylic acids is 1. The number of hydrogen-bond donors (Lipinski definition) is 3. The van der Waals surface area contributed by atoms with Gasteiger partial charge in [0.2, 0.25) is 0 Å². The molecule has 0 aliphatic carbocycles. The standard InChI is InChI=1S/C26H29N3O4/c1-4-27-14-15-29-23(17-10-12-28-13-11-17)22-21-20(26(31)32-5-2)16(3)33-25(21)19-9-7-6-8-18(19)24(22)30/h6-13,23,27,29-30H,4-5,14-15H2,1-3H3. The summed E-state index contributed by atoms with van der Waals surface area (Å²) in [7, 11) is 0. The summed E-state index contributed by atoms with van der Waals surface area (Å²) in [4.78, 5) is 17.1. The fourth-order valence-corrected chi connectivity index (χ4v) is 4.30. The zero-order valence-corrected chi connectivity index (χ0v) is 19.1. The van der Waals surface area contributed by atoms with Crippen LogP contribution in [0.1, 0.15) is 47.1 Å². The molecule has 0 radical (unpaired) electrons. The quantitative estimate of drug-likeness (QED) is 0.257. The van der Waals surface area contributed by atoms with E-state index < -0.39 is 12.0 Å². The van der Waals surface area contributed by atoms with Gasteiger partial charge in [0.25, 0.3) is 0 Å². The molecule has 2 aromatic heterocycles. The molecule has 2 aromatic carbocycles. The van der Waals surface area contributed by atoms with Crippen molar-refractivity contribution >= 4 is 27.7 Å². The van der Waals surface area contributed by atoms with Gasteiger partial charge in [0.15, 0.2) is 0 Å². The lowest BCUT2D eigenvalue weighted by Gasteiger charge is -2.23. The number of furan rings is 1. The number of esters is 1. The smallest absolute Gasteiger partial charge is 0.342 e. The minimum absolute atomic E-state index is 0.113. The van der Waals surface area contributed by atoms with Crippen LogP contribution in [-0.2, 0) is 4.74 Å². The van der Waals surface area contributed by atoms with Crippen molar-refractivity contribution < 1.29 is 19.1 Å². The topological polar surface area (TPSA) is 96.6 Å². The molecule has 172 valence electrons. The van der Waals surface area contributed by atoms with Crippen LogP contribution in [0.15, 0.2) is 53.2 Å². The van der Waals surface area contributed by atoms with Gasteiger partial charge in [0, 0.05) is 47.2 Å². The number of ether oxygens (including phenoxy) is 1. The molecule has 3 N–H and O–H groups in total. The molecule has 1 atom stereocenters. The van der Waals surface area contributed by atoms with E-state index in [2.05, 4.69) is 22.5 Å². The summed E-state index contributed by atoms with van der Waals surface area (Å²) in [6, 6.07) is 10.9. The molecule has 7 nitrogen and oxygen atoms in total. The van der Waals surface area contributed by atoms with Crippen LogP contribution in [0.2, 0.25) is 0 Å². The van der Waals surface area contributed by atoms with Gasteiger partial charge in [0.05, 0.1) is 12.6 Å². The van der Waals surface area contributed by atoms with Crippen molar-refractivity contribution in [3.05, 3.63) is 71.2 Å². The van der Waals surface area contributed by atoms with E-state index in [1.807, 2.05) is 36.4 Å². The largest absolute Gasteiger partial charge is 0.507 e. The number of hydrogen-bond acceptors (Lipinski definition) is 7. The van der Waals surface area contributed by atoms with E-state index in [-0.39, 0.29) is 12.4 Å². The van der Waals surface area contributed by atoms with Gasteiger partial charge in [-0.15, -0.1) is 0 Å². The number of nitrogens with one attached hydrogen (secondary N) is 2. The number of fused-ring (bicyclic) bond motifs is 3. The predicted molar refractivity (Wildman–Crippen MR) is 129 cm³/mol. The summed E-state index contributed by atoms with van der Waals surface area (Å²) in [6.07, 6.45) is 3.44. The number of aromatic hydroxyl groups is 1. The van der Waals surface area contributed by atoms with Gasteiger partial charge in [-0.2, -0.15) is 0 Å². The van der Waals surface area contributed by atoms with E-state index in [0.29, 0.717) is 39.8 Å². The maximum Gasteiger partial charge on any atom is 0.342 e. The van der Waals surface area contributed by atoms with Gasteiger partial charge < -0.3 is 24.9 Å². The van der Waals surface area contributed by atoms with Crippen LogP contribution >= 0.6 is 0 Å². The summed E-state index contributed by atoms with van der Waals surface area (Å²) < 4.78 is 11.5. The van der Waals surface area contributed by atoms with Crippen molar-refractivity contribution in [1.29, 1.82) is 0 Å². The van der Waals surface area contributed by atoms with Crippen LogP contribution in [0, 0.1) is 6.92 Å². The minimum Gasteiger partial charge on any atom is -0.507 e. The Kier molecular flexibility index (Phi) is 6.91. The molecule has 0 saturated carbocycles. The van der Waals surface area contributed by atoms with Gasteiger partial charge in [0.1, 0.15) is 22.7 Å². The van der Waals surface area contributed by atoms with Crippen molar-refractivity contribution in [3.63, 3.8) is 0 Å². The number of nitrogens with zero attached hydrogens (tertiary/aromatic N) is 1. The van der Waals surface area contributed by atoms with E-state index in [0.717, 1.165) is 24.0 Å². The van der Waals surface area contributed by atoms with Crippen molar-refractivity contribution in [2.24, 2.45) is 0 Å². The number of pyridine rings is 1. The molecule has 4 aromatic rings. The molecule has 2 heterocycles. The number of phenolic OH excluding ortho intramolecular Hbond substituents is 1. The molecule has 0 fully saturated rings. The zero-order valence-electron chi connectivity index (χ0n) is 19.1. The summed E-state index contributed by atoms with van der Waals surface area (Å²) in [5, 5.41) is 20.4. The summed E-state index contributed by atoms with van der Waals surface area (Å²) >= 11 is 0. The highest BCUT2D eigenvalue weighted by atomic mass is 16.5. The van der Waals surface area contributed by atoms with Crippen LogP contribution in [0.4, 0.5) is 0 Å². The molecule has 4 rings (SSSR count). The van der Waals surface area contributed by atoms with Crippen molar-refractivity contribution in [2.45, 2.75) is 26.8 Å². The number of aromatic nitrogens is 1. The van der Waals surface area contributed by atoms with E-state index in [4.69, 9.17) is 9.15 Å². The van der Waals surface area contributed by atoms with Crippen LogP contribution in [0.3, 0.4) is 0 Å². The Morgan fingerprint density at radius 3 is 2.55 bits per heavy atom. The Bertz CT molecular complexity index is 1270. The lowest BCUT2D eigenvalue weighted by atomic mass is 9.90. The number of phenols is 1. The molecule has 0 aliphatic rings. The van der Waals surface area contributed by atoms with E-state index in [1.165, 1.54) is 0 Å². The lowest BCUT2D eigenvalue weighted by molar-refractivity contribution is 0.0526. The normalized spacial score (nSPS) is 12.3. The fraction of sp³-hybridized carbons (Fsp3) is 0.308. The lowest BCUT2D eigenvalue weighted by Crippen LogP contribution is -2.31. The van der Waals surface area contributed by atoms with Crippen LogP contribution in [0.5, 0.6) is 5.75 Å². The maximum atomic E-state index is 13.0. The predicted octanol–water partition coefficient (Wildman–Crippen LogP) is 4.46. The first kappa shape index (κ1) is 22.8. The van der Waals surface area contributed by atoms with Gasteiger partial charge in [-0.1, -0.05) is 31.2 Å². The molecule has 0 spiro atoms. The molecule has 0 bridgehead atoms. The highest BCUT2D eigenvalue weighted by Crippen LogP contribution is 2.45. The van der Waals surface area contributed by atoms with Gasteiger partial charge in [-0.05, 0) is 38.1 Å². The SMILES string of the molecule is CCNCCNC(c1ccncc1)c1c(O)c2ccccc2c2oc(C)c(C(=O)OCC)c12. The van der Waals surface area contributed by atoms with E-state index in [9.17, 15) is 9.90 Å². The van der Waals surface area contributed by atoms with E-state index >= 15 is 0 Å². The number of rotatable bonds is 9. The Morgan fingerprint density at radius 1 is 1.12 bits per heavy atom. The Morgan fingerprint density at radius 2 is 1.85 bits per heavy atom. The zero-order chi connectivity index (χ0) is 23.4. The Balaban J connectivity index is 2.03. The molecule has 0 amide bonds. The first-order chi connectivity index (χ1) is 16.1. The van der Waals surface area contributed by atoms with Crippen molar-refractivity contribution in [2.75, 3.05) is 26.2 Å². The summed E-state index contributed by atoms with van der Waals surface area (Å²) in [5.74, 6) is 0.106. The Labute approximate surface area is 192 Å². The van der Waals surface area contributed by atoms with Gasteiger partial charge >= 0.3 is 5.97 Å². The number of carbonyl (C=O) groups is 1. The summed E-state index contributed by atoms with van der Waals surface area (Å²) in [5.41, 5.74) is 2.41. The van der Waals surface area contributed by atoms with Crippen molar-refractivity contribution in [3.8, 4) is 5.75 Å².